The molecule has 0 aromatic rings. The maximum atomic E-state index is 12.0. The molecule has 1 rings (SSSR count). The smallest absolute Gasteiger partial charge is 0.239 e. The van der Waals surface area contributed by atoms with Crippen molar-refractivity contribution in [1.29, 1.82) is 0 Å². The molecule has 0 aromatic heterocycles. The lowest BCUT2D eigenvalue weighted by Crippen LogP contribution is -2.45. The lowest BCUT2D eigenvalue weighted by atomic mass is 10.0. The monoisotopic (exact) mass is 271 g/mol. The average molecular weight is 271 g/mol. The molecule has 2 amide bonds. The van der Waals surface area contributed by atoms with Crippen LogP contribution in [0.2, 0.25) is 0 Å². The van der Waals surface area contributed by atoms with Crippen LogP contribution in [0.4, 0.5) is 0 Å². The summed E-state index contributed by atoms with van der Waals surface area (Å²) in [5.74, 6) is 0.161. The summed E-state index contributed by atoms with van der Waals surface area (Å²) in [7, 11) is 0. The first-order valence-electron chi connectivity index (χ1n) is 7.10. The van der Waals surface area contributed by atoms with E-state index >= 15 is 0 Å². The van der Waals surface area contributed by atoms with Gasteiger partial charge < -0.3 is 0 Å². The summed E-state index contributed by atoms with van der Waals surface area (Å²) < 4.78 is 0. The van der Waals surface area contributed by atoms with E-state index in [-0.39, 0.29) is 18.4 Å². The van der Waals surface area contributed by atoms with E-state index in [2.05, 4.69) is 17.8 Å². The Morgan fingerprint density at radius 2 is 2.21 bits per heavy atom. The molecule has 3 N–H and O–H groups in total. The predicted octanol–water partition coefficient (Wildman–Crippen LogP) is 1.06. The van der Waals surface area contributed by atoms with Crippen molar-refractivity contribution in [2.75, 3.05) is 13.1 Å². The van der Waals surface area contributed by atoms with Crippen LogP contribution in [0.5, 0.6) is 0 Å². The fourth-order valence-electron chi connectivity index (χ4n) is 1.92. The van der Waals surface area contributed by atoms with Gasteiger partial charge in [-0.2, -0.15) is 0 Å². The highest BCUT2D eigenvalue weighted by molar-refractivity contribution is 5.78. The number of carbonyl (C=O) groups is 2. The fourth-order valence-corrected chi connectivity index (χ4v) is 1.92. The largest absolute Gasteiger partial charge is 0.291 e. The van der Waals surface area contributed by atoms with Gasteiger partial charge in [-0.3, -0.25) is 20.2 Å². The summed E-state index contributed by atoms with van der Waals surface area (Å²) in [6, 6.07) is 0. The summed E-state index contributed by atoms with van der Waals surface area (Å²) in [6.07, 6.45) is 6.49. The molecule has 0 unspecified atom stereocenters. The number of hydrazine groups is 1. The highest BCUT2D eigenvalue weighted by atomic mass is 16.5. The van der Waals surface area contributed by atoms with Gasteiger partial charge in [-0.1, -0.05) is 26.2 Å². The molecular weight excluding hydrogens is 246 g/mol. The first kappa shape index (κ1) is 15.9. The molecule has 6 heteroatoms. The van der Waals surface area contributed by atoms with E-state index in [0.717, 1.165) is 25.8 Å². The van der Waals surface area contributed by atoms with Gasteiger partial charge in [-0.15, -0.1) is 0 Å². The predicted molar refractivity (Wildman–Crippen MR) is 71.1 cm³/mol. The van der Waals surface area contributed by atoms with E-state index in [1.54, 1.807) is 0 Å². The Hall–Kier alpha value is -1.14. The second-order valence-electron chi connectivity index (χ2n) is 5.23. The van der Waals surface area contributed by atoms with E-state index in [4.69, 9.17) is 0 Å². The molecule has 1 aliphatic rings. The summed E-state index contributed by atoms with van der Waals surface area (Å²) in [5, 5.41) is 9.76. The lowest BCUT2D eigenvalue weighted by molar-refractivity contribution is -0.154. The quantitative estimate of drug-likeness (QED) is 0.227. The summed E-state index contributed by atoms with van der Waals surface area (Å²) in [5.41, 5.74) is 5.59. The van der Waals surface area contributed by atoms with Crippen LogP contribution >= 0.6 is 0 Å². The number of nitrogens with one attached hydrogen (secondary N) is 2. The van der Waals surface area contributed by atoms with Crippen molar-refractivity contribution >= 4 is 12.3 Å². The zero-order valence-corrected chi connectivity index (χ0v) is 11.6. The first-order chi connectivity index (χ1) is 9.17. The minimum Gasteiger partial charge on any atom is -0.291 e. The number of nitrogens with zero attached hydrogens (tertiary/aromatic N) is 1. The second kappa shape index (κ2) is 8.87. The molecule has 0 aromatic carbocycles. The molecule has 0 heterocycles. The SMILES string of the molecule is CCCCC[C@@H](CN(O)C=O)C(=O)NNCC1CC1. The fraction of sp³-hybridized carbons (Fsp3) is 0.846. The molecule has 0 radical (unpaired) electrons. The van der Waals surface area contributed by atoms with Crippen molar-refractivity contribution in [3.05, 3.63) is 0 Å². The van der Waals surface area contributed by atoms with E-state index in [9.17, 15) is 14.8 Å². The standard InChI is InChI=1S/C13H25N3O3/c1-2-3-4-5-12(9-16(19)10-17)13(18)15-14-8-11-6-7-11/h10-12,14,19H,2-9H2,1H3,(H,15,18)/t12-/m0/s1. The van der Waals surface area contributed by atoms with Gasteiger partial charge in [0.25, 0.3) is 0 Å². The van der Waals surface area contributed by atoms with Gasteiger partial charge in [-0.05, 0) is 25.2 Å². The normalized spacial score (nSPS) is 15.9. The van der Waals surface area contributed by atoms with Crippen molar-refractivity contribution in [2.45, 2.75) is 45.4 Å². The van der Waals surface area contributed by atoms with Gasteiger partial charge in [-0.25, -0.2) is 10.5 Å². The van der Waals surface area contributed by atoms with Gasteiger partial charge in [0.1, 0.15) is 0 Å². The van der Waals surface area contributed by atoms with Crippen molar-refractivity contribution in [2.24, 2.45) is 11.8 Å². The van der Waals surface area contributed by atoms with Crippen molar-refractivity contribution in [1.82, 2.24) is 15.9 Å². The van der Waals surface area contributed by atoms with Crippen LogP contribution in [0.15, 0.2) is 0 Å². The van der Waals surface area contributed by atoms with Gasteiger partial charge in [0, 0.05) is 6.54 Å². The zero-order valence-electron chi connectivity index (χ0n) is 11.6. The number of rotatable bonds is 11. The number of hydrogen-bond acceptors (Lipinski definition) is 4. The molecule has 6 nitrogen and oxygen atoms in total. The molecule has 19 heavy (non-hydrogen) atoms. The first-order valence-corrected chi connectivity index (χ1v) is 7.10. The maximum Gasteiger partial charge on any atom is 0.239 e. The maximum absolute atomic E-state index is 12.0. The number of carbonyl (C=O) groups excluding carboxylic acids is 2. The summed E-state index contributed by atoms with van der Waals surface area (Å²) >= 11 is 0. The van der Waals surface area contributed by atoms with Crippen LogP contribution < -0.4 is 10.9 Å². The topological polar surface area (TPSA) is 81.7 Å². The Balaban J connectivity index is 2.30. The van der Waals surface area contributed by atoms with Gasteiger partial charge >= 0.3 is 0 Å². The molecule has 1 aliphatic carbocycles. The third-order valence-electron chi connectivity index (χ3n) is 3.36. The van der Waals surface area contributed by atoms with E-state index < -0.39 is 0 Å². The van der Waals surface area contributed by atoms with Crippen LogP contribution in [0.25, 0.3) is 0 Å². The Bertz CT molecular complexity index is 282. The van der Waals surface area contributed by atoms with E-state index in [1.807, 2.05) is 0 Å². The van der Waals surface area contributed by atoms with Crippen LogP contribution in [0.1, 0.15) is 45.4 Å². The Kier molecular flexibility index (Phi) is 7.43. The third kappa shape index (κ3) is 7.12. The Morgan fingerprint density at radius 3 is 2.79 bits per heavy atom. The molecule has 0 saturated heterocycles. The number of hydroxylamine groups is 2. The highest BCUT2D eigenvalue weighted by Crippen LogP contribution is 2.27. The van der Waals surface area contributed by atoms with Crippen molar-refractivity contribution in [3.63, 3.8) is 0 Å². The van der Waals surface area contributed by atoms with E-state index in [0.29, 0.717) is 23.8 Å². The van der Waals surface area contributed by atoms with Crippen LogP contribution in [0, 0.1) is 11.8 Å². The molecule has 1 fully saturated rings. The number of unbranched alkanes of at least 4 members (excludes halogenated alkanes) is 2. The van der Waals surface area contributed by atoms with Crippen LogP contribution in [-0.4, -0.2) is 35.7 Å². The average Bonchev–Trinajstić information content (AvgIpc) is 3.21. The molecule has 0 spiro atoms. The minimum absolute atomic E-state index is 0.0458. The van der Waals surface area contributed by atoms with Gasteiger partial charge in [0.2, 0.25) is 12.3 Å². The molecule has 110 valence electrons. The molecule has 1 atom stereocenters. The van der Waals surface area contributed by atoms with Crippen LogP contribution in [-0.2, 0) is 9.59 Å². The second-order valence-corrected chi connectivity index (χ2v) is 5.23. The van der Waals surface area contributed by atoms with Gasteiger partial charge in [0.15, 0.2) is 0 Å². The van der Waals surface area contributed by atoms with Crippen molar-refractivity contribution in [3.8, 4) is 0 Å². The third-order valence-corrected chi connectivity index (χ3v) is 3.36. The number of amides is 2. The summed E-state index contributed by atoms with van der Waals surface area (Å²) in [6.45, 7) is 2.93. The summed E-state index contributed by atoms with van der Waals surface area (Å²) in [4.78, 5) is 22.4. The van der Waals surface area contributed by atoms with Crippen LogP contribution in [0.3, 0.4) is 0 Å². The molecule has 0 aliphatic heterocycles. The molecule has 1 saturated carbocycles. The molecular formula is C13H25N3O3. The Labute approximate surface area is 114 Å². The van der Waals surface area contributed by atoms with Gasteiger partial charge in [0.05, 0.1) is 12.5 Å². The molecule has 0 bridgehead atoms. The van der Waals surface area contributed by atoms with E-state index in [1.165, 1.54) is 12.8 Å². The lowest BCUT2D eigenvalue weighted by Gasteiger charge is -2.19. The Morgan fingerprint density at radius 1 is 1.47 bits per heavy atom. The minimum atomic E-state index is -0.367. The number of hydrogen-bond donors (Lipinski definition) is 3. The van der Waals surface area contributed by atoms with Crippen molar-refractivity contribution < 1.29 is 14.8 Å². The highest BCUT2D eigenvalue weighted by Gasteiger charge is 2.23. The zero-order chi connectivity index (χ0) is 14.1.